The maximum absolute atomic E-state index is 12.4. The highest BCUT2D eigenvalue weighted by molar-refractivity contribution is 5.80. The minimum atomic E-state index is -0.175. The third-order valence-electron chi connectivity index (χ3n) is 3.35. The summed E-state index contributed by atoms with van der Waals surface area (Å²) in [6.07, 6.45) is 1.66. The van der Waals surface area contributed by atoms with Crippen molar-refractivity contribution in [3.05, 3.63) is 70.5 Å². The van der Waals surface area contributed by atoms with Crippen molar-refractivity contribution < 1.29 is 0 Å². The van der Waals surface area contributed by atoms with Gasteiger partial charge in [0.05, 0.1) is 17.2 Å². The van der Waals surface area contributed by atoms with Crippen LogP contribution in [-0.2, 0) is 6.54 Å². The second kappa shape index (κ2) is 6.22. The molecule has 0 saturated heterocycles. The van der Waals surface area contributed by atoms with Crippen molar-refractivity contribution in [1.82, 2.24) is 9.55 Å². The Morgan fingerprint density at radius 2 is 1.86 bits per heavy atom. The molecule has 0 aliphatic carbocycles. The third kappa shape index (κ3) is 2.74. The Bertz CT molecular complexity index is 869. The van der Waals surface area contributed by atoms with Crippen LogP contribution < -0.4 is 11.0 Å². The molecule has 0 aliphatic heterocycles. The first-order valence-electron chi connectivity index (χ1n) is 7.13. The maximum atomic E-state index is 12.4. The van der Waals surface area contributed by atoms with E-state index in [4.69, 9.17) is 0 Å². The van der Waals surface area contributed by atoms with Crippen LogP contribution in [0.4, 0.5) is 5.82 Å². The highest BCUT2D eigenvalue weighted by Gasteiger charge is 2.08. The van der Waals surface area contributed by atoms with E-state index in [1.807, 2.05) is 61.5 Å². The smallest absolute Gasteiger partial charge is 0.295 e. The zero-order valence-corrected chi connectivity index (χ0v) is 12.2. The predicted octanol–water partition coefficient (Wildman–Crippen LogP) is 2.86. The second-order valence-corrected chi connectivity index (χ2v) is 4.78. The minimum Gasteiger partial charge on any atom is -0.304 e. The SMILES string of the molecule is CCn1c(=O)c(N/N=C/c2ccccc2)nc2ccccc21. The van der Waals surface area contributed by atoms with Gasteiger partial charge in [-0.1, -0.05) is 42.5 Å². The van der Waals surface area contributed by atoms with Gasteiger partial charge < -0.3 is 4.57 Å². The van der Waals surface area contributed by atoms with Crippen LogP contribution in [0.25, 0.3) is 11.0 Å². The number of aryl methyl sites for hydroxylation is 1. The fourth-order valence-corrected chi connectivity index (χ4v) is 2.29. The molecule has 110 valence electrons. The zero-order chi connectivity index (χ0) is 15.4. The fourth-order valence-electron chi connectivity index (χ4n) is 2.29. The number of hydrogen-bond donors (Lipinski definition) is 1. The van der Waals surface area contributed by atoms with E-state index in [0.717, 1.165) is 16.6 Å². The summed E-state index contributed by atoms with van der Waals surface area (Å²) in [5.74, 6) is 0.229. The lowest BCUT2D eigenvalue weighted by molar-refractivity contribution is 0.754. The normalized spacial score (nSPS) is 11.1. The molecular formula is C17H16N4O. The average molecular weight is 292 g/mol. The number of nitrogens with zero attached hydrogens (tertiary/aromatic N) is 3. The van der Waals surface area contributed by atoms with E-state index in [1.54, 1.807) is 10.8 Å². The molecule has 1 heterocycles. The molecule has 0 bridgehead atoms. The van der Waals surface area contributed by atoms with Crippen LogP contribution in [0.15, 0.2) is 64.5 Å². The van der Waals surface area contributed by atoms with Gasteiger partial charge in [0, 0.05) is 6.54 Å². The van der Waals surface area contributed by atoms with E-state index in [9.17, 15) is 4.79 Å². The molecule has 3 rings (SSSR count). The largest absolute Gasteiger partial charge is 0.304 e. The van der Waals surface area contributed by atoms with E-state index >= 15 is 0 Å². The molecule has 0 amide bonds. The molecule has 1 N–H and O–H groups in total. The van der Waals surface area contributed by atoms with Gasteiger partial charge in [-0.3, -0.25) is 10.2 Å². The standard InChI is InChI=1S/C17H16N4O/c1-2-21-15-11-7-6-10-14(15)19-16(17(21)22)20-18-12-13-8-4-3-5-9-13/h3-12H,2H2,1H3,(H,19,20)/b18-12+. The molecule has 5 nitrogen and oxygen atoms in total. The number of fused-ring (bicyclic) bond motifs is 1. The third-order valence-corrected chi connectivity index (χ3v) is 3.35. The molecule has 3 aromatic rings. The number of hydrogen-bond acceptors (Lipinski definition) is 4. The van der Waals surface area contributed by atoms with Gasteiger partial charge in [-0.25, -0.2) is 4.98 Å². The van der Waals surface area contributed by atoms with Crippen LogP contribution in [-0.4, -0.2) is 15.8 Å². The highest BCUT2D eigenvalue weighted by Crippen LogP contribution is 2.11. The summed E-state index contributed by atoms with van der Waals surface area (Å²) in [5.41, 5.74) is 5.12. The first-order valence-corrected chi connectivity index (χ1v) is 7.13. The van der Waals surface area contributed by atoms with E-state index in [1.165, 1.54) is 0 Å². The Balaban J connectivity index is 1.96. The molecule has 0 radical (unpaired) electrons. The van der Waals surface area contributed by atoms with Crippen molar-refractivity contribution in [1.29, 1.82) is 0 Å². The zero-order valence-electron chi connectivity index (χ0n) is 12.2. The number of hydrazone groups is 1. The van der Waals surface area contributed by atoms with Crippen molar-refractivity contribution in [2.24, 2.45) is 5.10 Å². The molecule has 1 aromatic heterocycles. The van der Waals surface area contributed by atoms with Gasteiger partial charge in [0.15, 0.2) is 0 Å². The average Bonchev–Trinajstić information content (AvgIpc) is 2.56. The lowest BCUT2D eigenvalue weighted by Gasteiger charge is -2.09. The summed E-state index contributed by atoms with van der Waals surface area (Å²) in [5, 5.41) is 4.10. The van der Waals surface area contributed by atoms with Crippen LogP contribution >= 0.6 is 0 Å². The van der Waals surface area contributed by atoms with E-state index in [-0.39, 0.29) is 11.4 Å². The van der Waals surface area contributed by atoms with E-state index in [0.29, 0.717) is 6.54 Å². The molecule has 5 heteroatoms. The Hall–Kier alpha value is -2.95. The summed E-state index contributed by atoms with van der Waals surface area (Å²) in [6, 6.07) is 17.2. The minimum absolute atomic E-state index is 0.175. The van der Waals surface area contributed by atoms with Gasteiger partial charge >= 0.3 is 0 Å². The van der Waals surface area contributed by atoms with Crippen LogP contribution in [0, 0.1) is 0 Å². The summed E-state index contributed by atoms with van der Waals surface area (Å²) in [4.78, 5) is 16.8. The Morgan fingerprint density at radius 3 is 2.64 bits per heavy atom. The number of para-hydroxylation sites is 2. The number of anilines is 1. The summed E-state index contributed by atoms with van der Waals surface area (Å²) in [6.45, 7) is 2.52. The van der Waals surface area contributed by atoms with Gasteiger partial charge in [-0.15, -0.1) is 0 Å². The molecule has 0 unspecified atom stereocenters. The van der Waals surface area contributed by atoms with Crippen molar-refractivity contribution in [3.63, 3.8) is 0 Å². The molecule has 0 spiro atoms. The van der Waals surface area contributed by atoms with Crippen molar-refractivity contribution >= 4 is 23.1 Å². The second-order valence-electron chi connectivity index (χ2n) is 4.78. The number of aromatic nitrogens is 2. The number of nitrogens with one attached hydrogen (secondary N) is 1. The maximum Gasteiger partial charge on any atom is 0.295 e. The molecule has 0 atom stereocenters. The van der Waals surface area contributed by atoms with Gasteiger partial charge in [0.25, 0.3) is 5.56 Å². The summed E-state index contributed by atoms with van der Waals surface area (Å²) < 4.78 is 1.68. The first kappa shape index (κ1) is 14.0. The van der Waals surface area contributed by atoms with Crippen molar-refractivity contribution in [2.45, 2.75) is 13.5 Å². The lowest BCUT2D eigenvalue weighted by Crippen LogP contribution is -2.23. The van der Waals surface area contributed by atoms with Crippen LogP contribution in [0.5, 0.6) is 0 Å². The van der Waals surface area contributed by atoms with E-state index in [2.05, 4.69) is 15.5 Å². The molecular weight excluding hydrogens is 276 g/mol. The number of benzene rings is 2. The molecule has 0 saturated carbocycles. The summed E-state index contributed by atoms with van der Waals surface area (Å²) >= 11 is 0. The first-order chi connectivity index (χ1) is 10.8. The topological polar surface area (TPSA) is 59.3 Å². The predicted molar refractivity (Wildman–Crippen MR) is 89.3 cm³/mol. The highest BCUT2D eigenvalue weighted by atomic mass is 16.1. The molecule has 0 aliphatic rings. The van der Waals surface area contributed by atoms with Crippen LogP contribution in [0.1, 0.15) is 12.5 Å². The Labute approximate surface area is 127 Å². The van der Waals surface area contributed by atoms with Gasteiger partial charge in [0.2, 0.25) is 5.82 Å². The molecule has 22 heavy (non-hydrogen) atoms. The van der Waals surface area contributed by atoms with Gasteiger partial charge in [0.1, 0.15) is 0 Å². The van der Waals surface area contributed by atoms with Gasteiger partial charge in [-0.2, -0.15) is 5.10 Å². The Morgan fingerprint density at radius 1 is 1.14 bits per heavy atom. The quantitative estimate of drug-likeness (QED) is 0.594. The van der Waals surface area contributed by atoms with Crippen molar-refractivity contribution in [3.8, 4) is 0 Å². The van der Waals surface area contributed by atoms with Crippen LogP contribution in [0.3, 0.4) is 0 Å². The lowest BCUT2D eigenvalue weighted by atomic mass is 10.2. The number of rotatable bonds is 4. The summed E-state index contributed by atoms with van der Waals surface area (Å²) in [7, 11) is 0. The Kier molecular flexibility index (Phi) is 3.96. The molecule has 2 aromatic carbocycles. The fraction of sp³-hybridized carbons (Fsp3) is 0.118. The van der Waals surface area contributed by atoms with Crippen LogP contribution in [0.2, 0.25) is 0 Å². The molecule has 0 fully saturated rings. The van der Waals surface area contributed by atoms with E-state index < -0.39 is 0 Å². The monoisotopic (exact) mass is 292 g/mol. The van der Waals surface area contributed by atoms with Gasteiger partial charge in [-0.05, 0) is 24.6 Å². The van der Waals surface area contributed by atoms with Crippen molar-refractivity contribution in [2.75, 3.05) is 5.43 Å².